The van der Waals surface area contributed by atoms with Gasteiger partial charge in [-0.2, -0.15) is 4.68 Å². The van der Waals surface area contributed by atoms with Crippen LogP contribution in [-0.2, 0) is 0 Å². The Bertz CT molecular complexity index is 1250. The maximum atomic E-state index is 13.6. The van der Waals surface area contributed by atoms with E-state index in [0.29, 0.717) is 54.4 Å². The van der Waals surface area contributed by atoms with Crippen molar-refractivity contribution in [2.45, 2.75) is 0 Å². The molecule has 156 valence electrons. The van der Waals surface area contributed by atoms with Gasteiger partial charge in [0.15, 0.2) is 17.0 Å². The van der Waals surface area contributed by atoms with Crippen molar-refractivity contribution in [1.82, 2.24) is 29.9 Å². The summed E-state index contributed by atoms with van der Waals surface area (Å²) in [5, 5.41) is 8.35. The number of halogens is 2. The molecule has 1 saturated heterocycles. The van der Waals surface area contributed by atoms with Gasteiger partial charge in [-0.05, 0) is 42.5 Å². The molecule has 0 spiro atoms. The molecule has 1 aliphatic heterocycles. The van der Waals surface area contributed by atoms with Crippen LogP contribution in [0.3, 0.4) is 0 Å². The van der Waals surface area contributed by atoms with Crippen molar-refractivity contribution in [2.75, 3.05) is 31.1 Å². The molecule has 3 heterocycles. The standard InChI is InChI=1S/C21H17F2N7O/c22-15-6-4-14(5-7-15)21(31)29-10-8-28(9-11-29)19-18-20(25-13-24-19)30(27-26-18)17-3-1-2-16(23)12-17/h1-7,12-13H,8-11H2. The molecule has 0 aliphatic carbocycles. The summed E-state index contributed by atoms with van der Waals surface area (Å²) >= 11 is 0. The van der Waals surface area contributed by atoms with Crippen LogP contribution in [0.4, 0.5) is 14.6 Å². The molecule has 0 atom stereocenters. The van der Waals surface area contributed by atoms with E-state index in [-0.39, 0.29) is 17.5 Å². The number of hydrogen-bond acceptors (Lipinski definition) is 6. The molecule has 2 aromatic carbocycles. The minimum atomic E-state index is -0.377. The van der Waals surface area contributed by atoms with Gasteiger partial charge in [0.1, 0.15) is 18.0 Å². The van der Waals surface area contributed by atoms with Crippen molar-refractivity contribution in [3.8, 4) is 5.69 Å². The van der Waals surface area contributed by atoms with Gasteiger partial charge in [-0.3, -0.25) is 4.79 Å². The highest BCUT2D eigenvalue weighted by molar-refractivity contribution is 5.94. The van der Waals surface area contributed by atoms with Crippen molar-refractivity contribution < 1.29 is 13.6 Å². The average Bonchev–Trinajstić information content (AvgIpc) is 3.24. The molecule has 0 saturated carbocycles. The number of anilines is 1. The fourth-order valence-corrected chi connectivity index (χ4v) is 3.65. The number of carbonyl (C=O) groups excluding carboxylic acids is 1. The molecular formula is C21H17F2N7O. The van der Waals surface area contributed by atoms with E-state index in [9.17, 15) is 13.6 Å². The van der Waals surface area contributed by atoms with Gasteiger partial charge >= 0.3 is 0 Å². The lowest BCUT2D eigenvalue weighted by molar-refractivity contribution is 0.0746. The highest BCUT2D eigenvalue weighted by atomic mass is 19.1. The lowest BCUT2D eigenvalue weighted by Gasteiger charge is -2.35. The van der Waals surface area contributed by atoms with Crippen LogP contribution in [0.1, 0.15) is 10.4 Å². The molecule has 2 aromatic heterocycles. The van der Waals surface area contributed by atoms with Crippen LogP contribution in [-0.4, -0.2) is 61.9 Å². The first-order chi connectivity index (χ1) is 15.1. The maximum absolute atomic E-state index is 13.6. The average molecular weight is 421 g/mol. The van der Waals surface area contributed by atoms with Crippen molar-refractivity contribution >= 4 is 22.9 Å². The van der Waals surface area contributed by atoms with Gasteiger partial charge in [0.05, 0.1) is 5.69 Å². The smallest absolute Gasteiger partial charge is 0.253 e. The van der Waals surface area contributed by atoms with Gasteiger partial charge in [0.25, 0.3) is 5.91 Å². The largest absolute Gasteiger partial charge is 0.351 e. The number of benzene rings is 2. The third-order valence-electron chi connectivity index (χ3n) is 5.23. The molecule has 1 aliphatic rings. The van der Waals surface area contributed by atoms with Crippen LogP contribution in [0.2, 0.25) is 0 Å². The van der Waals surface area contributed by atoms with E-state index in [1.165, 1.54) is 47.4 Å². The molecular weight excluding hydrogens is 404 g/mol. The van der Waals surface area contributed by atoms with Crippen LogP contribution < -0.4 is 4.90 Å². The Morgan fingerprint density at radius 3 is 2.42 bits per heavy atom. The summed E-state index contributed by atoms with van der Waals surface area (Å²) in [5.74, 6) is -0.274. The van der Waals surface area contributed by atoms with Crippen molar-refractivity contribution in [3.05, 3.63) is 72.1 Å². The lowest BCUT2D eigenvalue weighted by atomic mass is 10.2. The molecule has 4 aromatic rings. The van der Waals surface area contributed by atoms with Crippen molar-refractivity contribution in [3.63, 3.8) is 0 Å². The molecule has 8 nitrogen and oxygen atoms in total. The maximum Gasteiger partial charge on any atom is 0.253 e. The molecule has 31 heavy (non-hydrogen) atoms. The number of piperazine rings is 1. The number of fused-ring (bicyclic) bond motifs is 1. The van der Waals surface area contributed by atoms with Gasteiger partial charge in [-0.15, -0.1) is 5.10 Å². The third-order valence-corrected chi connectivity index (χ3v) is 5.23. The molecule has 0 radical (unpaired) electrons. The number of nitrogens with zero attached hydrogens (tertiary/aromatic N) is 7. The van der Waals surface area contributed by atoms with Crippen LogP contribution in [0, 0.1) is 11.6 Å². The van der Waals surface area contributed by atoms with E-state index in [2.05, 4.69) is 20.3 Å². The number of rotatable bonds is 3. The molecule has 0 N–H and O–H groups in total. The zero-order valence-electron chi connectivity index (χ0n) is 16.3. The predicted molar refractivity (Wildman–Crippen MR) is 109 cm³/mol. The first kappa shape index (κ1) is 19.0. The van der Waals surface area contributed by atoms with E-state index >= 15 is 0 Å². The fraction of sp³-hybridized carbons (Fsp3) is 0.190. The molecule has 0 bridgehead atoms. The molecule has 5 rings (SSSR count). The minimum absolute atomic E-state index is 0.135. The van der Waals surface area contributed by atoms with Gasteiger partial charge in [-0.25, -0.2) is 18.7 Å². The van der Waals surface area contributed by atoms with Gasteiger partial charge in [0, 0.05) is 31.7 Å². The Labute approximate surface area is 175 Å². The van der Waals surface area contributed by atoms with E-state index in [1.54, 1.807) is 17.0 Å². The first-order valence-electron chi connectivity index (χ1n) is 9.72. The lowest BCUT2D eigenvalue weighted by Crippen LogP contribution is -2.49. The highest BCUT2D eigenvalue weighted by Crippen LogP contribution is 2.24. The molecule has 10 heteroatoms. The Morgan fingerprint density at radius 2 is 1.68 bits per heavy atom. The Morgan fingerprint density at radius 1 is 0.903 bits per heavy atom. The zero-order chi connectivity index (χ0) is 21.4. The second kappa shape index (κ2) is 7.71. The van der Waals surface area contributed by atoms with Gasteiger partial charge in [-0.1, -0.05) is 11.3 Å². The molecule has 0 unspecified atom stereocenters. The summed E-state index contributed by atoms with van der Waals surface area (Å²) in [5.41, 5.74) is 1.95. The summed E-state index contributed by atoms with van der Waals surface area (Å²) in [6, 6.07) is 11.6. The summed E-state index contributed by atoms with van der Waals surface area (Å²) in [4.78, 5) is 25.1. The topological polar surface area (TPSA) is 80.0 Å². The Balaban J connectivity index is 1.36. The number of hydrogen-bond donors (Lipinski definition) is 0. The molecule has 1 amide bonds. The SMILES string of the molecule is O=C(c1ccc(F)cc1)N1CCN(c2ncnc3c2nnn3-c2cccc(F)c2)CC1. The number of aromatic nitrogens is 5. The predicted octanol–water partition coefficient (Wildman–Crippen LogP) is 2.45. The summed E-state index contributed by atoms with van der Waals surface area (Å²) in [7, 11) is 0. The Hall–Kier alpha value is -3.95. The minimum Gasteiger partial charge on any atom is -0.351 e. The summed E-state index contributed by atoms with van der Waals surface area (Å²) < 4.78 is 28.2. The summed E-state index contributed by atoms with van der Waals surface area (Å²) in [6.07, 6.45) is 1.42. The van der Waals surface area contributed by atoms with Gasteiger partial charge < -0.3 is 9.80 Å². The van der Waals surface area contributed by atoms with Crippen LogP contribution in [0.25, 0.3) is 16.9 Å². The normalized spacial score (nSPS) is 14.3. The Kier molecular flexibility index (Phi) is 4.73. The van der Waals surface area contributed by atoms with Crippen LogP contribution in [0.15, 0.2) is 54.9 Å². The van der Waals surface area contributed by atoms with Crippen LogP contribution in [0.5, 0.6) is 0 Å². The van der Waals surface area contributed by atoms with Crippen molar-refractivity contribution in [1.29, 1.82) is 0 Å². The number of carbonyl (C=O) groups is 1. The van der Waals surface area contributed by atoms with E-state index in [4.69, 9.17) is 0 Å². The van der Waals surface area contributed by atoms with Gasteiger partial charge in [0.2, 0.25) is 0 Å². The van der Waals surface area contributed by atoms with E-state index in [0.717, 1.165) is 0 Å². The fourth-order valence-electron chi connectivity index (χ4n) is 3.65. The zero-order valence-corrected chi connectivity index (χ0v) is 16.3. The highest BCUT2D eigenvalue weighted by Gasteiger charge is 2.25. The monoisotopic (exact) mass is 421 g/mol. The molecule has 1 fully saturated rings. The second-order valence-electron chi connectivity index (χ2n) is 7.14. The van der Waals surface area contributed by atoms with Crippen LogP contribution >= 0.6 is 0 Å². The summed E-state index contributed by atoms with van der Waals surface area (Å²) in [6.45, 7) is 2.07. The first-order valence-corrected chi connectivity index (χ1v) is 9.72. The number of amides is 1. The second-order valence-corrected chi connectivity index (χ2v) is 7.14. The third kappa shape index (κ3) is 3.56. The van der Waals surface area contributed by atoms with E-state index in [1.807, 2.05) is 4.90 Å². The van der Waals surface area contributed by atoms with E-state index < -0.39 is 0 Å². The quantitative estimate of drug-likeness (QED) is 0.506. The van der Waals surface area contributed by atoms with Crippen molar-refractivity contribution in [2.24, 2.45) is 0 Å².